The van der Waals surface area contributed by atoms with Crippen LogP contribution in [0.2, 0.25) is 0 Å². The maximum absolute atomic E-state index is 12.6. The molecule has 0 saturated carbocycles. The first-order valence-corrected chi connectivity index (χ1v) is 13.0. The number of rotatable bonds is 12. The third-order valence-corrected chi connectivity index (χ3v) is 7.93. The van der Waals surface area contributed by atoms with Crippen LogP contribution in [0.1, 0.15) is 39.0 Å². The topological polar surface area (TPSA) is 147 Å². The van der Waals surface area contributed by atoms with Crippen molar-refractivity contribution in [3.8, 4) is 5.75 Å². The first-order valence-electron chi connectivity index (χ1n) is 10.7. The molecule has 1 atom stereocenters. The number of nitrogens with zero attached hydrogens (tertiary/aromatic N) is 1. The summed E-state index contributed by atoms with van der Waals surface area (Å²) >= 11 is 0.875. The third-order valence-electron chi connectivity index (χ3n) is 4.82. The van der Waals surface area contributed by atoms with Crippen molar-refractivity contribution in [1.82, 2.24) is 15.0 Å². The average molecular weight is 513 g/mol. The molecule has 0 spiro atoms. The molecule has 0 fully saturated rings. The number of benzene rings is 1. The molecule has 0 radical (unpaired) electrons. The van der Waals surface area contributed by atoms with E-state index in [2.05, 4.69) is 20.3 Å². The molecule has 1 unspecified atom stereocenters. The van der Waals surface area contributed by atoms with Crippen LogP contribution in [0.15, 0.2) is 28.5 Å². The summed E-state index contributed by atoms with van der Waals surface area (Å²) < 4.78 is 33.5. The van der Waals surface area contributed by atoms with Crippen LogP contribution in [0.3, 0.4) is 0 Å². The van der Waals surface area contributed by atoms with Crippen LogP contribution < -0.4 is 15.4 Å². The fourth-order valence-corrected chi connectivity index (χ4v) is 5.44. The summed E-state index contributed by atoms with van der Waals surface area (Å²) in [5.74, 6) is -0.316. The van der Waals surface area contributed by atoms with Gasteiger partial charge >= 0.3 is 0 Å². The van der Waals surface area contributed by atoms with Gasteiger partial charge in [0.05, 0.1) is 23.8 Å². The minimum Gasteiger partial charge on any atom is -0.508 e. The number of aromatic nitrogens is 1. The first-order chi connectivity index (χ1) is 15.8. The molecular formula is C22H32N4O6S2. The van der Waals surface area contributed by atoms with Gasteiger partial charge in [-0.1, -0.05) is 23.5 Å². The Bertz CT molecular complexity index is 1100. The van der Waals surface area contributed by atoms with Gasteiger partial charge in [0.1, 0.15) is 5.75 Å². The Hall–Kier alpha value is -2.54. The largest absolute Gasteiger partial charge is 0.508 e. The molecule has 0 saturated heterocycles. The van der Waals surface area contributed by atoms with Crippen LogP contribution in [0.25, 0.3) is 0 Å². The Morgan fingerprint density at radius 2 is 1.88 bits per heavy atom. The number of hydrogen-bond donors (Lipinski definition) is 4. The number of amides is 2. The zero-order valence-electron chi connectivity index (χ0n) is 20.0. The lowest BCUT2D eigenvalue weighted by Crippen LogP contribution is -2.42. The van der Waals surface area contributed by atoms with Gasteiger partial charge in [0.15, 0.2) is 9.34 Å². The van der Waals surface area contributed by atoms with E-state index >= 15 is 0 Å². The molecule has 10 nitrogen and oxygen atoms in total. The minimum atomic E-state index is -3.83. The number of hydrogen-bond acceptors (Lipinski definition) is 8. The smallest absolute Gasteiger partial charge is 0.252 e. The number of thiazole rings is 1. The molecule has 4 N–H and O–H groups in total. The number of sulfonamides is 1. The summed E-state index contributed by atoms with van der Waals surface area (Å²) in [5, 5.41) is 14.9. The zero-order chi connectivity index (χ0) is 25.5. The van der Waals surface area contributed by atoms with E-state index < -0.39 is 21.5 Å². The summed E-state index contributed by atoms with van der Waals surface area (Å²) in [6.45, 7) is 8.65. The second-order valence-corrected chi connectivity index (χ2v) is 11.6. The molecule has 1 heterocycles. The standard InChI is InChI=1S/C22H32N4O6S2/c1-14(12-24-34(30,31)19-15(2)25-21(33-19)26-16(3)27)32-13-22(4,5)20(29)23-11-10-17-6-8-18(28)9-7-17/h6-9,14,24,28H,10-13H2,1-5H3,(H,23,29)(H,25,26,27). The predicted octanol–water partition coefficient (Wildman–Crippen LogP) is 2.18. The van der Waals surface area contributed by atoms with Crippen molar-refractivity contribution >= 4 is 38.3 Å². The number of carbonyl (C=O) groups is 2. The van der Waals surface area contributed by atoms with E-state index in [9.17, 15) is 23.1 Å². The number of anilines is 1. The highest BCUT2D eigenvalue weighted by Gasteiger charge is 2.29. The van der Waals surface area contributed by atoms with Crippen molar-refractivity contribution in [3.63, 3.8) is 0 Å². The van der Waals surface area contributed by atoms with E-state index in [-0.39, 0.29) is 40.1 Å². The minimum absolute atomic E-state index is 0.00763. The lowest BCUT2D eigenvalue weighted by atomic mass is 9.93. The monoisotopic (exact) mass is 512 g/mol. The molecule has 0 aliphatic rings. The van der Waals surface area contributed by atoms with Gasteiger partial charge < -0.3 is 20.5 Å². The fraction of sp³-hybridized carbons (Fsp3) is 0.500. The highest BCUT2D eigenvalue weighted by molar-refractivity contribution is 7.91. The lowest BCUT2D eigenvalue weighted by molar-refractivity contribution is -0.133. The molecule has 188 valence electrons. The molecular weight excluding hydrogens is 480 g/mol. The Balaban J connectivity index is 1.80. The van der Waals surface area contributed by atoms with Gasteiger partial charge in [-0.25, -0.2) is 18.1 Å². The number of phenols is 1. The summed E-state index contributed by atoms with van der Waals surface area (Å²) in [5.41, 5.74) is 0.470. The van der Waals surface area contributed by atoms with E-state index in [4.69, 9.17) is 4.74 Å². The molecule has 0 aliphatic heterocycles. The van der Waals surface area contributed by atoms with Crippen LogP contribution >= 0.6 is 11.3 Å². The number of nitrogens with one attached hydrogen (secondary N) is 3. The van der Waals surface area contributed by atoms with Crippen LogP contribution in [-0.4, -0.2) is 56.1 Å². The highest BCUT2D eigenvalue weighted by atomic mass is 32.2. The van der Waals surface area contributed by atoms with E-state index in [0.29, 0.717) is 18.7 Å². The summed E-state index contributed by atoms with van der Waals surface area (Å²) in [6.07, 6.45) is 0.142. The molecule has 12 heteroatoms. The Morgan fingerprint density at radius 1 is 1.24 bits per heavy atom. The second-order valence-electron chi connectivity index (χ2n) is 8.60. The van der Waals surface area contributed by atoms with Crippen LogP contribution in [0, 0.1) is 12.3 Å². The van der Waals surface area contributed by atoms with Gasteiger partial charge in [-0.15, -0.1) is 0 Å². The van der Waals surface area contributed by atoms with Gasteiger partial charge in [0.25, 0.3) is 10.0 Å². The molecule has 0 aliphatic carbocycles. The van der Waals surface area contributed by atoms with Gasteiger partial charge in [0, 0.05) is 20.0 Å². The molecule has 2 aromatic rings. The summed E-state index contributed by atoms with van der Waals surface area (Å²) in [4.78, 5) is 27.8. The van der Waals surface area contributed by atoms with Crippen molar-refractivity contribution in [3.05, 3.63) is 35.5 Å². The van der Waals surface area contributed by atoms with Gasteiger partial charge in [-0.05, 0) is 51.8 Å². The first kappa shape index (κ1) is 27.7. The summed E-state index contributed by atoms with van der Waals surface area (Å²) in [7, 11) is -3.83. The van der Waals surface area contributed by atoms with E-state index in [1.54, 1.807) is 52.0 Å². The lowest BCUT2D eigenvalue weighted by Gasteiger charge is -2.25. The summed E-state index contributed by atoms with van der Waals surface area (Å²) in [6, 6.07) is 6.80. The molecule has 2 amide bonds. The predicted molar refractivity (Wildman–Crippen MR) is 130 cm³/mol. The van der Waals surface area contributed by atoms with Crippen LogP contribution in [0.4, 0.5) is 5.13 Å². The third kappa shape index (κ3) is 8.35. The molecule has 34 heavy (non-hydrogen) atoms. The molecule has 2 rings (SSSR count). The van der Waals surface area contributed by atoms with E-state index in [1.807, 2.05) is 0 Å². The number of aryl methyl sites for hydroxylation is 1. The number of ether oxygens (including phenoxy) is 1. The molecule has 1 aromatic heterocycles. The van der Waals surface area contributed by atoms with Crippen molar-refractivity contribution in [2.45, 2.75) is 51.4 Å². The molecule has 1 aromatic carbocycles. The van der Waals surface area contributed by atoms with Crippen molar-refractivity contribution in [2.24, 2.45) is 5.41 Å². The van der Waals surface area contributed by atoms with Gasteiger partial charge in [-0.2, -0.15) is 0 Å². The Labute approximate surface area is 204 Å². The Morgan fingerprint density at radius 3 is 2.50 bits per heavy atom. The highest BCUT2D eigenvalue weighted by Crippen LogP contribution is 2.27. The Kier molecular flexibility index (Phi) is 9.56. The van der Waals surface area contributed by atoms with Gasteiger partial charge in [-0.3, -0.25) is 9.59 Å². The second kappa shape index (κ2) is 11.7. The van der Waals surface area contributed by atoms with Crippen molar-refractivity contribution < 1.29 is 27.9 Å². The van der Waals surface area contributed by atoms with Crippen molar-refractivity contribution in [2.75, 3.05) is 25.0 Å². The maximum Gasteiger partial charge on any atom is 0.252 e. The van der Waals surface area contributed by atoms with Crippen LogP contribution in [0.5, 0.6) is 5.75 Å². The fourth-order valence-electron chi connectivity index (χ4n) is 2.83. The van der Waals surface area contributed by atoms with Crippen molar-refractivity contribution in [1.29, 1.82) is 0 Å². The van der Waals surface area contributed by atoms with E-state index in [1.165, 1.54) is 6.92 Å². The normalized spacial score (nSPS) is 12.9. The zero-order valence-corrected chi connectivity index (χ0v) is 21.6. The number of phenolic OH excluding ortho intramolecular Hbond substituents is 1. The average Bonchev–Trinajstić information content (AvgIpc) is 3.12. The quantitative estimate of drug-likeness (QED) is 0.341. The SMILES string of the molecule is CC(=O)Nc1nc(C)c(S(=O)(=O)NCC(C)OCC(C)(C)C(=O)NCCc2ccc(O)cc2)s1. The number of aromatic hydroxyl groups is 1. The maximum atomic E-state index is 12.6. The molecule has 0 bridgehead atoms. The number of carbonyl (C=O) groups excluding carboxylic acids is 2. The van der Waals surface area contributed by atoms with Gasteiger partial charge in [0.2, 0.25) is 11.8 Å². The van der Waals surface area contributed by atoms with Crippen LogP contribution in [-0.2, 0) is 30.8 Å². The van der Waals surface area contributed by atoms with E-state index in [0.717, 1.165) is 16.9 Å².